The summed E-state index contributed by atoms with van der Waals surface area (Å²) in [5, 5.41) is 6.35. The van der Waals surface area contributed by atoms with Crippen LogP contribution in [0.4, 0.5) is 5.82 Å². The Balaban J connectivity index is 2.83. The number of carbonyl (C=O) groups is 1. The van der Waals surface area contributed by atoms with Crippen LogP contribution in [0.15, 0.2) is 12.1 Å². The van der Waals surface area contributed by atoms with E-state index in [0.717, 1.165) is 6.54 Å². The first-order chi connectivity index (χ1) is 9.99. The van der Waals surface area contributed by atoms with Crippen LogP contribution in [0.25, 0.3) is 0 Å². The molecule has 0 radical (unpaired) electrons. The first kappa shape index (κ1) is 17.7. The monoisotopic (exact) mass is 313 g/mol. The van der Waals surface area contributed by atoms with Gasteiger partial charge >= 0.3 is 0 Å². The van der Waals surface area contributed by atoms with Crippen LogP contribution in [0.1, 0.15) is 38.2 Å². The molecule has 1 rings (SSSR count). The summed E-state index contributed by atoms with van der Waals surface area (Å²) in [7, 11) is 0. The Morgan fingerprint density at radius 2 is 2.10 bits per heavy atom. The van der Waals surface area contributed by atoms with Crippen molar-refractivity contribution >= 4 is 23.3 Å². The Labute approximate surface area is 131 Å². The summed E-state index contributed by atoms with van der Waals surface area (Å²) < 4.78 is 5.41. The highest BCUT2D eigenvalue weighted by Gasteiger charge is 2.20. The van der Waals surface area contributed by atoms with Crippen molar-refractivity contribution in [3.05, 3.63) is 22.8 Å². The van der Waals surface area contributed by atoms with Gasteiger partial charge < -0.3 is 15.4 Å². The number of hydrogen-bond donors (Lipinski definition) is 2. The maximum atomic E-state index is 12.4. The minimum atomic E-state index is -0.279. The van der Waals surface area contributed by atoms with Gasteiger partial charge in [0, 0.05) is 13.2 Å². The third kappa shape index (κ3) is 5.52. The molecule has 1 heterocycles. The van der Waals surface area contributed by atoms with Crippen LogP contribution in [0, 0.1) is 5.92 Å². The molecule has 0 saturated heterocycles. The number of anilines is 1. The number of nitrogens with zero attached hydrogens (tertiary/aromatic N) is 1. The third-order valence-corrected chi connectivity index (χ3v) is 3.35. The Morgan fingerprint density at radius 1 is 1.38 bits per heavy atom. The van der Waals surface area contributed by atoms with E-state index in [0.29, 0.717) is 24.1 Å². The Morgan fingerprint density at radius 3 is 2.67 bits per heavy atom. The molecule has 1 amide bonds. The number of ether oxygens (including phenoxy) is 1. The van der Waals surface area contributed by atoms with E-state index in [1.807, 2.05) is 27.7 Å². The van der Waals surface area contributed by atoms with Crippen molar-refractivity contribution in [2.24, 2.45) is 5.92 Å². The molecule has 0 aliphatic carbocycles. The van der Waals surface area contributed by atoms with Crippen LogP contribution in [0.3, 0.4) is 0 Å². The van der Waals surface area contributed by atoms with Crippen LogP contribution in [0.2, 0.25) is 5.02 Å². The molecule has 0 spiro atoms. The molecule has 0 aliphatic rings. The number of nitrogens with one attached hydrogen (secondary N) is 2. The number of pyridine rings is 1. The van der Waals surface area contributed by atoms with Gasteiger partial charge in [-0.25, -0.2) is 4.98 Å². The van der Waals surface area contributed by atoms with Crippen LogP contribution < -0.4 is 10.6 Å². The van der Waals surface area contributed by atoms with E-state index in [4.69, 9.17) is 16.3 Å². The van der Waals surface area contributed by atoms with E-state index in [1.165, 1.54) is 0 Å². The van der Waals surface area contributed by atoms with Gasteiger partial charge in [0.05, 0.1) is 17.7 Å². The van der Waals surface area contributed by atoms with E-state index in [1.54, 1.807) is 12.1 Å². The summed E-state index contributed by atoms with van der Waals surface area (Å²) in [4.78, 5) is 16.6. The number of amides is 1. The van der Waals surface area contributed by atoms with Gasteiger partial charge in [0.15, 0.2) is 0 Å². The number of rotatable bonds is 8. The van der Waals surface area contributed by atoms with Gasteiger partial charge in [-0.1, -0.05) is 25.4 Å². The zero-order valence-corrected chi connectivity index (χ0v) is 13.8. The minimum absolute atomic E-state index is 0.0712. The molecule has 0 aromatic carbocycles. The number of aromatic nitrogens is 1. The second kappa shape index (κ2) is 8.85. The average Bonchev–Trinajstić information content (AvgIpc) is 2.45. The van der Waals surface area contributed by atoms with Gasteiger partial charge in [-0.2, -0.15) is 0 Å². The van der Waals surface area contributed by atoms with E-state index < -0.39 is 0 Å². The molecule has 1 unspecified atom stereocenters. The van der Waals surface area contributed by atoms with Crippen molar-refractivity contribution < 1.29 is 9.53 Å². The SMILES string of the molecule is CCNc1ccc(Cl)c(C(=O)NC(COCC)C(C)C)n1. The summed E-state index contributed by atoms with van der Waals surface area (Å²) in [5.41, 5.74) is 0.234. The molecule has 6 heteroatoms. The lowest BCUT2D eigenvalue weighted by Crippen LogP contribution is -2.42. The van der Waals surface area contributed by atoms with Crippen molar-refractivity contribution in [1.82, 2.24) is 10.3 Å². The maximum Gasteiger partial charge on any atom is 0.271 e. The smallest absolute Gasteiger partial charge is 0.271 e. The molecule has 0 aliphatic heterocycles. The highest BCUT2D eigenvalue weighted by molar-refractivity contribution is 6.33. The van der Waals surface area contributed by atoms with Gasteiger partial charge in [0.25, 0.3) is 5.91 Å². The first-order valence-corrected chi connectivity index (χ1v) is 7.66. The minimum Gasteiger partial charge on any atom is -0.380 e. The fraction of sp³-hybridized carbons (Fsp3) is 0.600. The Kier molecular flexibility index (Phi) is 7.47. The zero-order chi connectivity index (χ0) is 15.8. The maximum absolute atomic E-state index is 12.4. The molecule has 21 heavy (non-hydrogen) atoms. The number of halogens is 1. The van der Waals surface area contributed by atoms with Crippen molar-refractivity contribution in [2.45, 2.75) is 33.7 Å². The molecular weight excluding hydrogens is 290 g/mol. The second-order valence-electron chi connectivity index (χ2n) is 5.04. The van der Waals surface area contributed by atoms with Crippen LogP contribution >= 0.6 is 11.6 Å². The van der Waals surface area contributed by atoms with Crippen molar-refractivity contribution in [3.8, 4) is 0 Å². The molecule has 1 atom stereocenters. The van der Waals surface area contributed by atoms with Gasteiger partial charge in [-0.3, -0.25) is 4.79 Å². The predicted octanol–water partition coefficient (Wildman–Crippen LogP) is 2.96. The molecule has 118 valence electrons. The molecule has 1 aromatic heterocycles. The van der Waals surface area contributed by atoms with Gasteiger partial charge in [-0.15, -0.1) is 0 Å². The molecule has 0 fully saturated rings. The topological polar surface area (TPSA) is 63.2 Å². The third-order valence-electron chi connectivity index (χ3n) is 3.04. The highest BCUT2D eigenvalue weighted by atomic mass is 35.5. The lowest BCUT2D eigenvalue weighted by Gasteiger charge is -2.22. The highest BCUT2D eigenvalue weighted by Crippen LogP contribution is 2.17. The largest absolute Gasteiger partial charge is 0.380 e. The van der Waals surface area contributed by atoms with Crippen molar-refractivity contribution in [3.63, 3.8) is 0 Å². The van der Waals surface area contributed by atoms with Crippen LogP contribution in [-0.4, -0.2) is 36.7 Å². The molecule has 0 saturated carbocycles. The summed E-state index contributed by atoms with van der Waals surface area (Å²) in [6, 6.07) is 3.36. The quantitative estimate of drug-likeness (QED) is 0.774. The standard InChI is InChI=1S/C15H24ClN3O2/c1-5-17-13-8-7-11(16)14(19-13)15(20)18-12(10(3)4)9-21-6-2/h7-8,10,12H,5-6,9H2,1-4H3,(H,17,19)(H,18,20). The molecule has 5 nitrogen and oxygen atoms in total. The zero-order valence-electron chi connectivity index (χ0n) is 13.1. The fourth-order valence-electron chi connectivity index (χ4n) is 1.76. The van der Waals surface area contributed by atoms with Crippen molar-refractivity contribution in [1.29, 1.82) is 0 Å². The lowest BCUT2D eigenvalue weighted by molar-refractivity contribution is 0.0802. The molecule has 1 aromatic rings. The normalized spacial score (nSPS) is 12.3. The number of carbonyl (C=O) groups excluding carboxylic acids is 1. The molecule has 2 N–H and O–H groups in total. The summed E-state index contributed by atoms with van der Waals surface area (Å²) in [6.07, 6.45) is 0. The molecule has 0 bridgehead atoms. The Bertz CT molecular complexity index is 466. The van der Waals surface area contributed by atoms with Gasteiger partial charge in [0.1, 0.15) is 11.5 Å². The fourth-order valence-corrected chi connectivity index (χ4v) is 1.95. The number of hydrogen-bond acceptors (Lipinski definition) is 4. The predicted molar refractivity (Wildman–Crippen MR) is 86.0 cm³/mol. The van der Waals surface area contributed by atoms with Crippen molar-refractivity contribution in [2.75, 3.05) is 25.1 Å². The average molecular weight is 314 g/mol. The summed E-state index contributed by atoms with van der Waals surface area (Å²) in [5.74, 6) is 0.618. The Hall–Kier alpha value is -1.33. The van der Waals surface area contributed by atoms with E-state index in [-0.39, 0.29) is 23.6 Å². The second-order valence-corrected chi connectivity index (χ2v) is 5.45. The van der Waals surface area contributed by atoms with Gasteiger partial charge in [-0.05, 0) is 31.9 Å². The van der Waals surface area contributed by atoms with Gasteiger partial charge in [0.2, 0.25) is 0 Å². The lowest BCUT2D eigenvalue weighted by atomic mass is 10.1. The van der Waals surface area contributed by atoms with E-state index in [9.17, 15) is 4.79 Å². The summed E-state index contributed by atoms with van der Waals surface area (Å²) >= 11 is 6.08. The van der Waals surface area contributed by atoms with Crippen LogP contribution in [0.5, 0.6) is 0 Å². The first-order valence-electron chi connectivity index (χ1n) is 7.28. The van der Waals surface area contributed by atoms with E-state index >= 15 is 0 Å². The van der Waals surface area contributed by atoms with Crippen LogP contribution in [-0.2, 0) is 4.74 Å². The molecular formula is C15H24ClN3O2. The summed E-state index contributed by atoms with van der Waals surface area (Å²) in [6.45, 7) is 9.79. The van der Waals surface area contributed by atoms with E-state index in [2.05, 4.69) is 15.6 Å².